The molecule has 0 radical (unpaired) electrons. The highest BCUT2D eigenvalue weighted by molar-refractivity contribution is 7.18. The highest BCUT2D eigenvalue weighted by atomic mass is 32.1. The summed E-state index contributed by atoms with van der Waals surface area (Å²) in [6.45, 7) is 6.62. The van der Waals surface area contributed by atoms with Crippen molar-refractivity contribution in [3.63, 3.8) is 0 Å². The van der Waals surface area contributed by atoms with Gasteiger partial charge < -0.3 is 5.32 Å². The normalized spacial score (nSPS) is 18.1. The predicted octanol–water partition coefficient (Wildman–Crippen LogP) is 4.30. The van der Waals surface area contributed by atoms with Crippen LogP contribution in [0.1, 0.15) is 43.0 Å². The number of hydrogen-bond donors (Lipinski definition) is 1. The Bertz CT molecular complexity index is 584. The van der Waals surface area contributed by atoms with Crippen molar-refractivity contribution in [2.75, 3.05) is 5.32 Å². The van der Waals surface area contributed by atoms with Gasteiger partial charge >= 0.3 is 0 Å². The maximum atomic E-state index is 4.48. The zero-order valence-corrected chi connectivity index (χ0v) is 12.7. The van der Waals surface area contributed by atoms with E-state index in [1.807, 2.05) is 0 Å². The van der Waals surface area contributed by atoms with Crippen molar-refractivity contribution in [2.45, 2.75) is 52.5 Å². The quantitative estimate of drug-likeness (QED) is 0.907. The summed E-state index contributed by atoms with van der Waals surface area (Å²) in [5.41, 5.74) is 1.32. The number of fused-ring (bicyclic) bond motifs is 1. The molecule has 0 saturated heterocycles. The predicted molar refractivity (Wildman–Crippen MR) is 81.9 cm³/mol. The first kappa shape index (κ1) is 12.9. The largest absolute Gasteiger partial charge is 0.367 e. The number of aryl methyl sites for hydroxylation is 2. The molecule has 0 spiro atoms. The summed E-state index contributed by atoms with van der Waals surface area (Å²) < 4.78 is 0. The summed E-state index contributed by atoms with van der Waals surface area (Å²) in [5, 5.41) is 4.85. The Labute approximate surface area is 118 Å². The molecule has 1 fully saturated rings. The number of thiophene rings is 1. The van der Waals surface area contributed by atoms with Gasteiger partial charge in [-0.2, -0.15) is 0 Å². The molecule has 1 saturated carbocycles. The van der Waals surface area contributed by atoms with Gasteiger partial charge in [0.1, 0.15) is 17.0 Å². The fraction of sp³-hybridized carbons (Fsp3) is 0.600. The summed E-state index contributed by atoms with van der Waals surface area (Å²) >= 11 is 1.76. The lowest BCUT2D eigenvalue weighted by atomic mass is 10.00. The van der Waals surface area contributed by atoms with Crippen LogP contribution in [-0.2, 0) is 0 Å². The van der Waals surface area contributed by atoms with Crippen molar-refractivity contribution in [1.29, 1.82) is 0 Å². The first-order valence-corrected chi connectivity index (χ1v) is 7.95. The van der Waals surface area contributed by atoms with Gasteiger partial charge in [-0.05, 0) is 45.1 Å². The molecule has 0 bridgehead atoms. The van der Waals surface area contributed by atoms with E-state index in [1.165, 1.54) is 41.5 Å². The fourth-order valence-corrected chi connectivity index (χ4v) is 4.08. The van der Waals surface area contributed by atoms with Crippen LogP contribution in [0.25, 0.3) is 10.2 Å². The van der Waals surface area contributed by atoms with E-state index >= 15 is 0 Å². The van der Waals surface area contributed by atoms with Crippen LogP contribution in [0.2, 0.25) is 0 Å². The van der Waals surface area contributed by atoms with Crippen LogP contribution < -0.4 is 5.32 Å². The lowest BCUT2D eigenvalue weighted by Crippen LogP contribution is -2.24. The molecule has 1 atom stereocenters. The SMILES string of the molecule is Cc1sc2ncnc(NC(C)C3CCCC3)c2c1C. The minimum atomic E-state index is 0.500. The molecule has 1 aliphatic carbocycles. The molecule has 19 heavy (non-hydrogen) atoms. The van der Waals surface area contributed by atoms with Crippen LogP contribution in [0.4, 0.5) is 5.82 Å². The Hall–Kier alpha value is -1.16. The third-order valence-electron chi connectivity index (χ3n) is 4.44. The van der Waals surface area contributed by atoms with E-state index in [2.05, 4.69) is 36.1 Å². The van der Waals surface area contributed by atoms with Crippen molar-refractivity contribution < 1.29 is 0 Å². The summed E-state index contributed by atoms with van der Waals surface area (Å²) in [5.74, 6) is 1.82. The van der Waals surface area contributed by atoms with E-state index in [-0.39, 0.29) is 0 Å². The number of aromatic nitrogens is 2. The second-order valence-corrected chi connectivity index (χ2v) is 6.87. The molecule has 1 N–H and O–H groups in total. The highest BCUT2D eigenvalue weighted by Crippen LogP contribution is 2.34. The van der Waals surface area contributed by atoms with Crippen molar-refractivity contribution >= 4 is 27.4 Å². The van der Waals surface area contributed by atoms with Crippen molar-refractivity contribution in [2.24, 2.45) is 5.92 Å². The van der Waals surface area contributed by atoms with Crippen LogP contribution in [0.5, 0.6) is 0 Å². The molecule has 3 rings (SSSR count). The lowest BCUT2D eigenvalue weighted by Gasteiger charge is -2.21. The second-order valence-electron chi connectivity index (χ2n) is 5.66. The van der Waals surface area contributed by atoms with Crippen LogP contribution in [0, 0.1) is 19.8 Å². The molecule has 1 unspecified atom stereocenters. The van der Waals surface area contributed by atoms with Crippen LogP contribution >= 0.6 is 11.3 Å². The average Bonchev–Trinajstić information content (AvgIpc) is 3.00. The van der Waals surface area contributed by atoms with Gasteiger partial charge in [-0.1, -0.05) is 12.8 Å². The molecular weight excluding hydrogens is 254 g/mol. The fourth-order valence-electron chi connectivity index (χ4n) is 3.08. The Morgan fingerprint density at radius 2 is 2.00 bits per heavy atom. The highest BCUT2D eigenvalue weighted by Gasteiger charge is 2.22. The average molecular weight is 275 g/mol. The van der Waals surface area contributed by atoms with Crippen molar-refractivity contribution in [1.82, 2.24) is 9.97 Å². The van der Waals surface area contributed by atoms with Crippen LogP contribution in [0.15, 0.2) is 6.33 Å². The number of rotatable bonds is 3. The smallest absolute Gasteiger partial charge is 0.138 e. The molecule has 0 aromatic carbocycles. The number of nitrogens with one attached hydrogen (secondary N) is 1. The van der Waals surface area contributed by atoms with E-state index in [0.29, 0.717) is 6.04 Å². The molecule has 0 amide bonds. The zero-order chi connectivity index (χ0) is 13.4. The summed E-state index contributed by atoms with van der Waals surface area (Å²) in [6, 6.07) is 0.500. The summed E-state index contributed by atoms with van der Waals surface area (Å²) in [4.78, 5) is 11.3. The molecule has 2 aromatic rings. The van der Waals surface area contributed by atoms with Gasteiger partial charge in [-0.3, -0.25) is 0 Å². The zero-order valence-electron chi connectivity index (χ0n) is 11.9. The van der Waals surface area contributed by atoms with Crippen LogP contribution in [-0.4, -0.2) is 16.0 Å². The third-order valence-corrected chi connectivity index (χ3v) is 5.55. The van der Waals surface area contributed by atoms with Gasteiger partial charge in [0.15, 0.2) is 0 Å². The molecule has 1 aliphatic rings. The van der Waals surface area contributed by atoms with Crippen molar-refractivity contribution in [3.8, 4) is 0 Å². The minimum Gasteiger partial charge on any atom is -0.367 e. The number of anilines is 1. The van der Waals surface area contributed by atoms with Gasteiger partial charge in [0.05, 0.1) is 5.39 Å². The Kier molecular flexibility index (Phi) is 3.44. The molecule has 3 nitrogen and oxygen atoms in total. The van der Waals surface area contributed by atoms with E-state index in [4.69, 9.17) is 0 Å². The van der Waals surface area contributed by atoms with Crippen molar-refractivity contribution in [3.05, 3.63) is 16.8 Å². The molecule has 4 heteroatoms. The van der Waals surface area contributed by atoms with Crippen LogP contribution in [0.3, 0.4) is 0 Å². The summed E-state index contributed by atoms with van der Waals surface area (Å²) in [6.07, 6.45) is 7.15. The van der Waals surface area contributed by atoms with Gasteiger partial charge in [0.25, 0.3) is 0 Å². The molecular formula is C15H21N3S. The molecule has 0 aliphatic heterocycles. The lowest BCUT2D eigenvalue weighted by molar-refractivity contribution is 0.481. The maximum Gasteiger partial charge on any atom is 0.138 e. The number of hydrogen-bond acceptors (Lipinski definition) is 4. The maximum absolute atomic E-state index is 4.48. The molecule has 2 aromatic heterocycles. The van der Waals surface area contributed by atoms with E-state index in [9.17, 15) is 0 Å². The Morgan fingerprint density at radius 3 is 2.74 bits per heavy atom. The summed E-state index contributed by atoms with van der Waals surface area (Å²) in [7, 11) is 0. The van der Waals surface area contributed by atoms with Gasteiger partial charge in [-0.25, -0.2) is 9.97 Å². The van der Waals surface area contributed by atoms with Gasteiger partial charge in [-0.15, -0.1) is 11.3 Å². The monoisotopic (exact) mass is 275 g/mol. The minimum absolute atomic E-state index is 0.500. The molecule has 2 heterocycles. The standard InChI is InChI=1S/C15H21N3S/c1-9-11(3)19-15-13(9)14(16-8-17-15)18-10(2)12-6-4-5-7-12/h8,10,12H,4-7H2,1-3H3,(H,16,17,18). The van der Waals surface area contributed by atoms with E-state index in [0.717, 1.165) is 16.6 Å². The number of nitrogens with zero attached hydrogens (tertiary/aromatic N) is 2. The molecule has 102 valence electrons. The Balaban J connectivity index is 1.91. The third kappa shape index (κ3) is 2.34. The van der Waals surface area contributed by atoms with Gasteiger partial charge in [0.2, 0.25) is 0 Å². The topological polar surface area (TPSA) is 37.8 Å². The van der Waals surface area contributed by atoms with E-state index < -0.39 is 0 Å². The first-order chi connectivity index (χ1) is 9.16. The Morgan fingerprint density at radius 1 is 1.26 bits per heavy atom. The first-order valence-electron chi connectivity index (χ1n) is 7.14. The second kappa shape index (κ2) is 5.08. The van der Waals surface area contributed by atoms with E-state index in [1.54, 1.807) is 17.7 Å². The van der Waals surface area contributed by atoms with Gasteiger partial charge in [0, 0.05) is 10.9 Å².